The molecule has 1 fully saturated rings. The highest BCUT2D eigenvalue weighted by atomic mass is 35.5. The second kappa shape index (κ2) is 9.32. The first-order valence-corrected chi connectivity index (χ1v) is 10.9. The van der Waals surface area contributed by atoms with Crippen molar-refractivity contribution in [1.82, 2.24) is 4.90 Å². The second-order valence-corrected chi connectivity index (χ2v) is 8.74. The molecular weight excluding hydrogens is 447 g/mol. The molecule has 1 saturated heterocycles. The number of ether oxygens (including phenoxy) is 2. The minimum atomic E-state index is -1.30. The van der Waals surface area contributed by atoms with Gasteiger partial charge in [-0.25, -0.2) is 14.0 Å². The summed E-state index contributed by atoms with van der Waals surface area (Å²) < 4.78 is 25.2. The van der Waals surface area contributed by atoms with Crippen LogP contribution in [0.2, 0.25) is 5.02 Å². The van der Waals surface area contributed by atoms with E-state index in [4.69, 9.17) is 26.8 Å². The molecule has 7 nitrogen and oxygen atoms in total. The van der Waals surface area contributed by atoms with Crippen LogP contribution in [0.25, 0.3) is 0 Å². The molecule has 0 saturated carbocycles. The molecule has 0 aromatic heterocycles. The number of thioether (sulfide) groups is 1. The van der Waals surface area contributed by atoms with Crippen LogP contribution in [0.1, 0.15) is 38.2 Å². The summed E-state index contributed by atoms with van der Waals surface area (Å²) in [5.74, 6) is -4.33. The molecule has 31 heavy (non-hydrogen) atoms. The van der Waals surface area contributed by atoms with Gasteiger partial charge in [-0.15, -0.1) is 0 Å². The zero-order valence-corrected chi connectivity index (χ0v) is 18.8. The number of hydrogen-bond donors (Lipinski definition) is 1. The van der Waals surface area contributed by atoms with Crippen LogP contribution >= 0.6 is 23.4 Å². The molecule has 1 aromatic rings. The van der Waals surface area contributed by atoms with Gasteiger partial charge in [-0.2, -0.15) is 0 Å². The molecule has 2 N–H and O–H groups in total. The summed E-state index contributed by atoms with van der Waals surface area (Å²) in [5, 5.41) is -0.383. The van der Waals surface area contributed by atoms with Gasteiger partial charge in [0.05, 0.1) is 41.1 Å². The van der Waals surface area contributed by atoms with E-state index in [0.717, 1.165) is 30.2 Å². The van der Waals surface area contributed by atoms with Gasteiger partial charge in [0, 0.05) is 10.6 Å². The smallest absolute Gasteiger partial charge is 0.338 e. The third-order valence-corrected chi connectivity index (χ3v) is 6.54. The topological polar surface area (TPSA) is 98.9 Å². The standard InChI is InChI=1S/C21H22ClFN2O5S/c1-4-5-9-30-21(28)15-14(13-11(22)7-6-8-12(13)23)16(20(27)29-3)19-25(17(15)24)18(26)10(2)31-19/h6-8,10,14H,4-5,9,24H2,1-3H3. The lowest BCUT2D eigenvalue weighted by molar-refractivity contribution is -0.139. The Morgan fingerprint density at radius 2 is 2.00 bits per heavy atom. The molecule has 2 heterocycles. The van der Waals surface area contributed by atoms with E-state index in [-0.39, 0.29) is 39.2 Å². The van der Waals surface area contributed by atoms with E-state index >= 15 is 0 Å². The number of halogens is 2. The van der Waals surface area contributed by atoms with Gasteiger partial charge in [-0.3, -0.25) is 9.69 Å². The summed E-state index contributed by atoms with van der Waals surface area (Å²) in [5.41, 5.74) is 5.84. The molecule has 0 aliphatic carbocycles. The molecule has 10 heteroatoms. The van der Waals surface area contributed by atoms with E-state index in [0.29, 0.717) is 6.42 Å². The van der Waals surface area contributed by atoms with Gasteiger partial charge in [0.15, 0.2) is 0 Å². The molecule has 1 amide bonds. The molecular formula is C21H22ClFN2O5S. The lowest BCUT2D eigenvalue weighted by Gasteiger charge is -2.33. The van der Waals surface area contributed by atoms with Crippen LogP contribution in [0, 0.1) is 5.82 Å². The number of fused-ring (bicyclic) bond motifs is 1. The van der Waals surface area contributed by atoms with Crippen LogP contribution in [-0.2, 0) is 23.9 Å². The molecule has 0 radical (unpaired) electrons. The summed E-state index contributed by atoms with van der Waals surface area (Å²) in [4.78, 5) is 39.8. The number of hydrogen-bond acceptors (Lipinski definition) is 7. The van der Waals surface area contributed by atoms with E-state index < -0.39 is 34.8 Å². The van der Waals surface area contributed by atoms with Crippen molar-refractivity contribution < 1.29 is 28.2 Å². The third kappa shape index (κ3) is 4.04. The van der Waals surface area contributed by atoms with Crippen LogP contribution in [-0.4, -0.2) is 41.7 Å². The third-order valence-electron chi connectivity index (χ3n) is 5.03. The van der Waals surface area contributed by atoms with Crippen molar-refractivity contribution in [3.05, 3.63) is 56.6 Å². The van der Waals surface area contributed by atoms with Crippen molar-refractivity contribution in [2.75, 3.05) is 13.7 Å². The van der Waals surface area contributed by atoms with E-state index in [1.54, 1.807) is 6.92 Å². The van der Waals surface area contributed by atoms with Crippen LogP contribution in [0.15, 0.2) is 40.2 Å². The lowest BCUT2D eigenvalue weighted by Crippen LogP contribution is -2.40. The van der Waals surface area contributed by atoms with Gasteiger partial charge in [-0.05, 0) is 25.5 Å². The fraction of sp³-hybridized carbons (Fsp3) is 0.381. The Bertz CT molecular complexity index is 989. The highest BCUT2D eigenvalue weighted by Gasteiger charge is 2.50. The predicted molar refractivity (Wildman–Crippen MR) is 114 cm³/mol. The Hall–Kier alpha value is -2.52. The number of methoxy groups -OCH3 is 1. The summed E-state index contributed by atoms with van der Waals surface area (Å²) in [7, 11) is 1.16. The van der Waals surface area contributed by atoms with Crippen molar-refractivity contribution in [1.29, 1.82) is 0 Å². The molecule has 0 spiro atoms. The second-order valence-electron chi connectivity index (χ2n) is 7.00. The van der Waals surface area contributed by atoms with Crippen molar-refractivity contribution in [3.8, 4) is 0 Å². The quantitative estimate of drug-likeness (QED) is 0.504. The van der Waals surface area contributed by atoms with Gasteiger partial charge < -0.3 is 15.2 Å². The van der Waals surface area contributed by atoms with Crippen molar-refractivity contribution in [2.45, 2.75) is 37.9 Å². The lowest BCUT2D eigenvalue weighted by atomic mass is 9.82. The Morgan fingerprint density at radius 1 is 1.29 bits per heavy atom. The molecule has 2 atom stereocenters. The Morgan fingerprint density at radius 3 is 2.61 bits per heavy atom. The summed E-state index contributed by atoms with van der Waals surface area (Å²) in [6.45, 7) is 3.67. The fourth-order valence-electron chi connectivity index (χ4n) is 3.50. The first-order chi connectivity index (χ1) is 14.7. The number of carbonyl (C=O) groups is 3. The van der Waals surface area contributed by atoms with Crippen molar-refractivity contribution >= 4 is 41.2 Å². The van der Waals surface area contributed by atoms with Gasteiger partial charge in [0.1, 0.15) is 11.6 Å². The maximum atomic E-state index is 15.0. The minimum absolute atomic E-state index is 0.00511. The van der Waals surface area contributed by atoms with E-state index in [1.165, 1.54) is 18.2 Å². The average Bonchev–Trinajstić information content (AvgIpc) is 3.02. The van der Waals surface area contributed by atoms with E-state index in [2.05, 4.69) is 0 Å². The number of carbonyl (C=O) groups excluding carboxylic acids is 3. The summed E-state index contributed by atoms with van der Waals surface area (Å²) in [6.07, 6.45) is 1.38. The Balaban J connectivity index is 2.29. The minimum Gasteiger partial charge on any atom is -0.466 e. The average molecular weight is 469 g/mol. The molecule has 0 bridgehead atoms. The van der Waals surface area contributed by atoms with Gasteiger partial charge in [0.2, 0.25) is 5.91 Å². The van der Waals surface area contributed by atoms with Crippen LogP contribution in [0.4, 0.5) is 4.39 Å². The molecule has 2 aliphatic rings. The normalized spacial score (nSPS) is 20.8. The maximum absolute atomic E-state index is 15.0. The largest absolute Gasteiger partial charge is 0.466 e. The Labute approximate surface area is 188 Å². The highest BCUT2D eigenvalue weighted by Crippen LogP contribution is 2.51. The van der Waals surface area contributed by atoms with Crippen LogP contribution in [0.5, 0.6) is 0 Å². The summed E-state index contributed by atoms with van der Waals surface area (Å²) >= 11 is 7.39. The van der Waals surface area contributed by atoms with Gasteiger partial charge in [-0.1, -0.05) is 42.8 Å². The van der Waals surface area contributed by atoms with Crippen LogP contribution < -0.4 is 5.73 Å². The van der Waals surface area contributed by atoms with Gasteiger partial charge in [0.25, 0.3) is 0 Å². The number of benzene rings is 1. The number of unbranched alkanes of at least 4 members (excludes halogenated alkanes) is 1. The maximum Gasteiger partial charge on any atom is 0.338 e. The fourth-order valence-corrected chi connectivity index (χ4v) is 4.94. The van der Waals surface area contributed by atoms with Crippen LogP contribution in [0.3, 0.4) is 0 Å². The zero-order valence-electron chi connectivity index (χ0n) is 17.2. The number of rotatable bonds is 6. The molecule has 2 unspecified atom stereocenters. The molecule has 2 aliphatic heterocycles. The van der Waals surface area contributed by atoms with E-state index in [1.807, 2.05) is 6.92 Å². The highest BCUT2D eigenvalue weighted by molar-refractivity contribution is 8.04. The van der Waals surface area contributed by atoms with Gasteiger partial charge >= 0.3 is 11.9 Å². The molecule has 166 valence electrons. The number of esters is 2. The number of nitrogens with two attached hydrogens (primary N) is 1. The molecule has 1 aromatic carbocycles. The molecule has 3 rings (SSSR count). The van der Waals surface area contributed by atoms with Crippen molar-refractivity contribution in [2.24, 2.45) is 5.73 Å². The first kappa shape index (κ1) is 23.1. The number of amides is 1. The Kier molecular flexibility index (Phi) is 6.96. The SMILES string of the molecule is CCCCOC(=O)C1=C(N)N2C(=O)C(C)SC2=C(C(=O)OC)C1c1c(F)cccc1Cl. The van der Waals surface area contributed by atoms with E-state index in [9.17, 15) is 18.8 Å². The monoisotopic (exact) mass is 468 g/mol. The first-order valence-electron chi connectivity index (χ1n) is 9.68. The van der Waals surface area contributed by atoms with Crippen molar-refractivity contribution in [3.63, 3.8) is 0 Å². The zero-order chi connectivity index (χ0) is 22.9. The number of nitrogens with zero attached hydrogens (tertiary/aromatic N) is 1. The predicted octanol–water partition coefficient (Wildman–Crippen LogP) is 3.44. The summed E-state index contributed by atoms with van der Waals surface area (Å²) in [6, 6.07) is 4.01.